The van der Waals surface area contributed by atoms with Crippen molar-refractivity contribution in [2.45, 2.75) is 51.9 Å². The molecule has 1 aromatic rings. The second-order valence-electron chi connectivity index (χ2n) is 4.81. The lowest BCUT2D eigenvalue weighted by Crippen LogP contribution is -2.25. The van der Waals surface area contributed by atoms with Crippen LogP contribution in [0.5, 0.6) is 0 Å². The van der Waals surface area contributed by atoms with E-state index in [0.717, 1.165) is 25.2 Å². The first-order chi connectivity index (χ1) is 8.20. The van der Waals surface area contributed by atoms with Gasteiger partial charge in [0.1, 0.15) is 12.2 Å². The smallest absolute Gasteiger partial charge is 0.138 e. The molecular formula is C12H21N3O2. The number of rotatable bonds is 5. The maximum Gasteiger partial charge on any atom is 0.138 e. The molecule has 3 atom stereocenters. The molecule has 0 amide bonds. The van der Waals surface area contributed by atoms with E-state index in [-0.39, 0.29) is 18.1 Å². The molecule has 5 nitrogen and oxygen atoms in total. The van der Waals surface area contributed by atoms with Crippen LogP contribution >= 0.6 is 0 Å². The normalized spacial score (nSPS) is 26.3. The van der Waals surface area contributed by atoms with Gasteiger partial charge in [0.15, 0.2) is 0 Å². The first-order valence-corrected chi connectivity index (χ1v) is 6.37. The molecule has 96 valence electrons. The lowest BCUT2D eigenvalue weighted by Gasteiger charge is -2.16. The SMILES string of the molecule is CCCn1ncnc1CC(O)C1COC(C)C1. The van der Waals surface area contributed by atoms with Gasteiger partial charge in [0.25, 0.3) is 0 Å². The van der Waals surface area contributed by atoms with E-state index in [1.165, 1.54) is 0 Å². The number of hydrogen-bond acceptors (Lipinski definition) is 4. The van der Waals surface area contributed by atoms with Gasteiger partial charge in [0.2, 0.25) is 0 Å². The van der Waals surface area contributed by atoms with Gasteiger partial charge in [-0.1, -0.05) is 6.92 Å². The lowest BCUT2D eigenvalue weighted by atomic mass is 9.97. The third-order valence-electron chi connectivity index (χ3n) is 3.30. The van der Waals surface area contributed by atoms with Gasteiger partial charge in [-0.05, 0) is 19.8 Å². The van der Waals surface area contributed by atoms with Gasteiger partial charge in [0, 0.05) is 18.9 Å². The molecule has 0 bridgehead atoms. The summed E-state index contributed by atoms with van der Waals surface area (Å²) in [4.78, 5) is 4.22. The van der Waals surface area contributed by atoms with Gasteiger partial charge in [-0.3, -0.25) is 4.68 Å². The third kappa shape index (κ3) is 3.04. The topological polar surface area (TPSA) is 60.2 Å². The second kappa shape index (κ2) is 5.60. The standard InChI is InChI=1S/C12H21N3O2/c1-3-4-15-12(13-8-14-15)6-11(16)10-5-9(2)17-7-10/h8-11,16H,3-7H2,1-2H3. The molecule has 1 aliphatic heterocycles. The predicted molar refractivity (Wildman–Crippen MR) is 63.5 cm³/mol. The van der Waals surface area contributed by atoms with Crippen LogP contribution in [0.15, 0.2) is 6.33 Å². The van der Waals surface area contributed by atoms with E-state index in [0.29, 0.717) is 13.0 Å². The molecule has 0 radical (unpaired) electrons. The van der Waals surface area contributed by atoms with Crippen LogP contribution in [0.1, 0.15) is 32.5 Å². The molecule has 2 heterocycles. The van der Waals surface area contributed by atoms with Crippen molar-refractivity contribution in [3.63, 3.8) is 0 Å². The Morgan fingerprint density at radius 1 is 1.65 bits per heavy atom. The van der Waals surface area contributed by atoms with Crippen LogP contribution in [0.25, 0.3) is 0 Å². The van der Waals surface area contributed by atoms with Gasteiger partial charge in [-0.2, -0.15) is 5.10 Å². The van der Waals surface area contributed by atoms with E-state index in [9.17, 15) is 5.11 Å². The Morgan fingerprint density at radius 2 is 2.47 bits per heavy atom. The largest absolute Gasteiger partial charge is 0.392 e. The van der Waals surface area contributed by atoms with Crippen LogP contribution in [0.3, 0.4) is 0 Å². The highest BCUT2D eigenvalue weighted by atomic mass is 16.5. The minimum Gasteiger partial charge on any atom is -0.392 e. The van der Waals surface area contributed by atoms with Gasteiger partial charge in [-0.25, -0.2) is 4.98 Å². The van der Waals surface area contributed by atoms with Crippen molar-refractivity contribution in [1.82, 2.24) is 14.8 Å². The number of hydrogen-bond donors (Lipinski definition) is 1. The van der Waals surface area contributed by atoms with Crippen molar-refractivity contribution in [3.8, 4) is 0 Å². The van der Waals surface area contributed by atoms with Gasteiger partial charge in [-0.15, -0.1) is 0 Å². The van der Waals surface area contributed by atoms with E-state index in [2.05, 4.69) is 17.0 Å². The molecule has 1 saturated heterocycles. The zero-order chi connectivity index (χ0) is 12.3. The van der Waals surface area contributed by atoms with Gasteiger partial charge < -0.3 is 9.84 Å². The van der Waals surface area contributed by atoms with E-state index in [1.54, 1.807) is 6.33 Å². The number of aliphatic hydroxyl groups is 1. The highest BCUT2D eigenvalue weighted by Gasteiger charge is 2.29. The average Bonchev–Trinajstić information content (AvgIpc) is 2.89. The fourth-order valence-corrected chi connectivity index (χ4v) is 2.32. The first-order valence-electron chi connectivity index (χ1n) is 6.37. The Morgan fingerprint density at radius 3 is 3.12 bits per heavy atom. The second-order valence-corrected chi connectivity index (χ2v) is 4.81. The van der Waals surface area contributed by atoms with Crippen molar-refractivity contribution in [3.05, 3.63) is 12.2 Å². The quantitative estimate of drug-likeness (QED) is 0.833. The number of aliphatic hydroxyl groups excluding tert-OH is 1. The summed E-state index contributed by atoms with van der Waals surface area (Å²) in [6.07, 6.45) is 3.98. The fourth-order valence-electron chi connectivity index (χ4n) is 2.32. The summed E-state index contributed by atoms with van der Waals surface area (Å²) in [5, 5.41) is 14.3. The van der Waals surface area contributed by atoms with Crippen molar-refractivity contribution in [2.75, 3.05) is 6.61 Å². The van der Waals surface area contributed by atoms with Crippen LogP contribution in [0.4, 0.5) is 0 Å². The van der Waals surface area contributed by atoms with Gasteiger partial charge >= 0.3 is 0 Å². The van der Waals surface area contributed by atoms with Crippen LogP contribution in [0.2, 0.25) is 0 Å². The summed E-state index contributed by atoms with van der Waals surface area (Å²) in [5.74, 6) is 1.11. The van der Waals surface area contributed by atoms with Crippen molar-refractivity contribution in [2.24, 2.45) is 5.92 Å². The van der Waals surface area contributed by atoms with Crippen LogP contribution in [-0.4, -0.2) is 38.7 Å². The zero-order valence-corrected chi connectivity index (χ0v) is 10.5. The van der Waals surface area contributed by atoms with Gasteiger partial charge in [0.05, 0.1) is 18.8 Å². The molecule has 0 spiro atoms. The fraction of sp³-hybridized carbons (Fsp3) is 0.833. The van der Waals surface area contributed by atoms with Crippen molar-refractivity contribution < 1.29 is 9.84 Å². The highest BCUT2D eigenvalue weighted by Crippen LogP contribution is 2.23. The molecule has 1 aromatic heterocycles. The minimum atomic E-state index is -0.375. The molecule has 0 aliphatic carbocycles. The monoisotopic (exact) mass is 239 g/mol. The van der Waals surface area contributed by atoms with Crippen LogP contribution in [-0.2, 0) is 17.7 Å². The summed E-state index contributed by atoms with van der Waals surface area (Å²) < 4.78 is 7.36. The predicted octanol–water partition coefficient (Wildman–Crippen LogP) is 1.02. The average molecular weight is 239 g/mol. The Labute approximate surface area is 102 Å². The maximum absolute atomic E-state index is 10.2. The molecule has 1 N–H and O–H groups in total. The summed E-state index contributed by atoms with van der Waals surface area (Å²) in [7, 11) is 0. The maximum atomic E-state index is 10.2. The molecule has 2 rings (SSSR count). The minimum absolute atomic E-state index is 0.233. The third-order valence-corrected chi connectivity index (χ3v) is 3.30. The lowest BCUT2D eigenvalue weighted by molar-refractivity contribution is 0.0789. The number of aromatic nitrogens is 3. The van der Waals surface area contributed by atoms with Crippen molar-refractivity contribution >= 4 is 0 Å². The summed E-state index contributed by atoms with van der Waals surface area (Å²) in [6, 6.07) is 0. The van der Waals surface area contributed by atoms with E-state index < -0.39 is 0 Å². The Kier molecular flexibility index (Phi) is 4.12. The van der Waals surface area contributed by atoms with E-state index in [1.807, 2.05) is 11.6 Å². The Hall–Kier alpha value is -0.940. The summed E-state index contributed by atoms with van der Waals surface area (Å²) in [6.45, 7) is 5.67. The molecule has 3 unspecified atom stereocenters. The molecule has 17 heavy (non-hydrogen) atoms. The molecule has 0 aromatic carbocycles. The first kappa shape index (κ1) is 12.5. The molecule has 0 saturated carbocycles. The van der Waals surface area contributed by atoms with Crippen LogP contribution < -0.4 is 0 Å². The van der Waals surface area contributed by atoms with E-state index >= 15 is 0 Å². The van der Waals surface area contributed by atoms with E-state index in [4.69, 9.17) is 4.74 Å². The number of aryl methyl sites for hydroxylation is 1. The highest BCUT2D eigenvalue weighted by molar-refractivity contribution is 4.90. The van der Waals surface area contributed by atoms with Crippen molar-refractivity contribution in [1.29, 1.82) is 0 Å². The molecule has 5 heteroatoms. The number of ether oxygens (including phenoxy) is 1. The summed E-state index contributed by atoms with van der Waals surface area (Å²) in [5.41, 5.74) is 0. The Bertz CT molecular complexity index is 353. The molecular weight excluding hydrogens is 218 g/mol. The Balaban J connectivity index is 1.93. The summed E-state index contributed by atoms with van der Waals surface area (Å²) >= 11 is 0. The number of nitrogens with zero attached hydrogens (tertiary/aromatic N) is 3. The van der Waals surface area contributed by atoms with Crippen LogP contribution in [0, 0.1) is 5.92 Å². The zero-order valence-electron chi connectivity index (χ0n) is 10.5. The molecule has 1 aliphatic rings. The molecule has 1 fully saturated rings.